The van der Waals surface area contributed by atoms with Crippen molar-refractivity contribution in [2.45, 2.75) is 39.5 Å². The van der Waals surface area contributed by atoms with Crippen LogP contribution in [-0.2, 0) is 11.2 Å². The number of H-pyrrole nitrogens is 1. The van der Waals surface area contributed by atoms with Crippen LogP contribution in [0.5, 0.6) is 5.75 Å². The molecular formula is C28H29N3O4. The molecule has 0 aliphatic rings. The molecule has 0 bridgehead atoms. The number of aromatic nitrogens is 2. The van der Waals surface area contributed by atoms with E-state index in [-0.39, 0.29) is 12.3 Å². The molecule has 0 aliphatic carbocycles. The van der Waals surface area contributed by atoms with Crippen molar-refractivity contribution in [2.24, 2.45) is 0 Å². The number of unbranched alkanes of at least 4 members (excludes halogenated alkanes) is 1. The molecular weight excluding hydrogens is 442 g/mol. The van der Waals surface area contributed by atoms with Crippen LogP contribution in [0.1, 0.15) is 47.7 Å². The minimum absolute atomic E-state index is 0.0411. The van der Waals surface area contributed by atoms with E-state index >= 15 is 0 Å². The average molecular weight is 472 g/mol. The third-order valence-electron chi connectivity index (χ3n) is 5.97. The Hall–Kier alpha value is -4.13. The summed E-state index contributed by atoms with van der Waals surface area (Å²) >= 11 is 0. The van der Waals surface area contributed by atoms with E-state index in [9.17, 15) is 9.59 Å². The number of ether oxygens (including phenoxy) is 1. The molecule has 4 aromatic rings. The third kappa shape index (κ3) is 5.87. The topological polar surface area (TPSA) is 104 Å². The van der Waals surface area contributed by atoms with E-state index in [2.05, 4.69) is 22.4 Å². The minimum atomic E-state index is -0.842. The monoisotopic (exact) mass is 471 g/mol. The molecule has 7 nitrogen and oxygen atoms in total. The maximum Gasteiger partial charge on any atom is 0.303 e. The zero-order chi connectivity index (χ0) is 24.8. The lowest BCUT2D eigenvalue weighted by atomic mass is 9.94. The molecule has 35 heavy (non-hydrogen) atoms. The molecule has 4 rings (SSSR count). The van der Waals surface area contributed by atoms with E-state index < -0.39 is 5.97 Å². The predicted octanol–water partition coefficient (Wildman–Crippen LogP) is 5.99. The average Bonchev–Trinajstić information content (AvgIpc) is 3.32. The van der Waals surface area contributed by atoms with Crippen molar-refractivity contribution >= 4 is 28.5 Å². The Bertz CT molecular complexity index is 1340. The summed E-state index contributed by atoms with van der Waals surface area (Å²) in [5.74, 6) is -0.332. The van der Waals surface area contributed by atoms with Gasteiger partial charge in [0.2, 0.25) is 0 Å². The number of aromatic amines is 1. The van der Waals surface area contributed by atoms with Crippen molar-refractivity contribution in [2.75, 3.05) is 11.9 Å². The number of hydrogen-bond acceptors (Lipinski definition) is 4. The first-order valence-corrected chi connectivity index (χ1v) is 11.8. The number of anilines is 1. The zero-order valence-electron chi connectivity index (χ0n) is 19.9. The molecule has 0 unspecified atom stereocenters. The number of nitrogens with one attached hydrogen (secondary N) is 2. The first kappa shape index (κ1) is 24.0. The molecule has 0 saturated carbocycles. The summed E-state index contributed by atoms with van der Waals surface area (Å²) in [6.45, 7) is 4.69. The Morgan fingerprint density at radius 1 is 1.09 bits per heavy atom. The molecule has 1 amide bonds. The van der Waals surface area contributed by atoms with Crippen LogP contribution in [0.25, 0.3) is 22.0 Å². The van der Waals surface area contributed by atoms with Crippen molar-refractivity contribution in [3.8, 4) is 16.9 Å². The Morgan fingerprint density at radius 3 is 2.63 bits per heavy atom. The number of aryl methyl sites for hydroxylation is 2. The summed E-state index contributed by atoms with van der Waals surface area (Å²) in [5, 5.41) is 20.2. The Morgan fingerprint density at radius 2 is 1.89 bits per heavy atom. The molecule has 180 valence electrons. The van der Waals surface area contributed by atoms with Crippen LogP contribution >= 0.6 is 0 Å². The van der Waals surface area contributed by atoms with E-state index in [0.717, 1.165) is 51.7 Å². The number of carbonyl (C=O) groups excluding carboxylic acids is 1. The summed E-state index contributed by atoms with van der Waals surface area (Å²) in [4.78, 5) is 24.3. The van der Waals surface area contributed by atoms with Crippen molar-refractivity contribution < 1.29 is 19.4 Å². The standard InChI is InChI=1S/C28H29N3O4/c1-3-4-13-35-23-9-5-19(6-10-23)28(34)30-26-14-18(2)20(8-12-27(32)33)16-24(26)21-7-11-25-22(15-21)17-29-31-25/h5-7,9-11,14-17H,3-4,8,12-13H2,1-2H3,(H,29,31)(H,30,34)(H,32,33). The number of benzene rings is 3. The number of hydrogen-bond donors (Lipinski definition) is 3. The number of carboxylic acids is 1. The molecule has 0 fully saturated rings. The second-order valence-corrected chi connectivity index (χ2v) is 8.57. The van der Waals surface area contributed by atoms with Gasteiger partial charge in [-0.05, 0) is 85.0 Å². The van der Waals surface area contributed by atoms with Crippen molar-refractivity contribution in [1.82, 2.24) is 10.2 Å². The van der Waals surface area contributed by atoms with Crippen LogP contribution in [0, 0.1) is 6.92 Å². The lowest BCUT2D eigenvalue weighted by Gasteiger charge is -2.16. The number of aliphatic carboxylic acids is 1. The summed E-state index contributed by atoms with van der Waals surface area (Å²) in [6.07, 6.45) is 4.25. The molecule has 3 aromatic carbocycles. The van der Waals surface area contributed by atoms with Gasteiger partial charge in [0.1, 0.15) is 5.75 Å². The Kier molecular flexibility index (Phi) is 7.45. The highest BCUT2D eigenvalue weighted by atomic mass is 16.5. The molecule has 0 aliphatic heterocycles. The lowest BCUT2D eigenvalue weighted by Crippen LogP contribution is -2.13. The Balaban J connectivity index is 1.64. The lowest BCUT2D eigenvalue weighted by molar-refractivity contribution is -0.136. The second-order valence-electron chi connectivity index (χ2n) is 8.57. The quantitative estimate of drug-likeness (QED) is 0.247. The maximum atomic E-state index is 13.1. The molecule has 3 N–H and O–H groups in total. The van der Waals surface area contributed by atoms with E-state index in [1.165, 1.54) is 0 Å². The second kappa shape index (κ2) is 10.9. The first-order chi connectivity index (χ1) is 16.9. The minimum Gasteiger partial charge on any atom is -0.494 e. The number of rotatable bonds is 10. The van der Waals surface area contributed by atoms with Crippen LogP contribution in [0.4, 0.5) is 5.69 Å². The van der Waals surface area contributed by atoms with Gasteiger partial charge in [0.25, 0.3) is 5.91 Å². The molecule has 7 heteroatoms. The number of carbonyl (C=O) groups is 2. The van der Waals surface area contributed by atoms with Gasteiger partial charge in [0.05, 0.1) is 18.3 Å². The van der Waals surface area contributed by atoms with Crippen LogP contribution in [0.2, 0.25) is 0 Å². The molecule has 1 aromatic heterocycles. The van der Waals surface area contributed by atoms with E-state index in [1.54, 1.807) is 30.5 Å². The highest BCUT2D eigenvalue weighted by Crippen LogP contribution is 2.33. The van der Waals surface area contributed by atoms with Gasteiger partial charge in [-0.2, -0.15) is 5.10 Å². The number of amides is 1. The smallest absolute Gasteiger partial charge is 0.303 e. The molecule has 0 saturated heterocycles. The molecule has 0 spiro atoms. The SMILES string of the molecule is CCCCOc1ccc(C(=O)Nc2cc(C)c(CCC(=O)O)cc2-c2ccc3[nH]ncc3c2)cc1. The Labute approximate surface area is 204 Å². The largest absolute Gasteiger partial charge is 0.494 e. The highest BCUT2D eigenvalue weighted by Gasteiger charge is 2.15. The fourth-order valence-corrected chi connectivity index (χ4v) is 3.95. The van der Waals surface area contributed by atoms with Gasteiger partial charge in [-0.1, -0.05) is 19.4 Å². The van der Waals surface area contributed by atoms with Gasteiger partial charge in [-0.15, -0.1) is 0 Å². The van der Waals surface area contributed by atoms with Crippen LogP contribution in [-0.4, -0.2) is 33.8 Å². The predicted molar refractivity (Wildman–Crippen MR) is 137 cm³/mol. The number of nitrogens with zero attached hydrogens (tertiary/aromatic N) is 1. The van der Waals surface area contributed by atoms with Gasteiger partial charge in [-0.3, -0.25) is 14.7 Å². The van der Waals surface area contributed by atoms with E-state index in [4.69, 9.17) is 9.84 Å². The van der Waals surface area contributed by atoms with Crippen molar-refractivity contribution in [3.05, 3.63) is 77.5 Å². The molecule has 0 radical (unpaired) electrons. The van der Waals surface area contributed by atoms with Crippen molar-refractivity contribution in [1.29, 1.82) is 0 Å². The van der Waals surface area contributed by atoms with Gasteiger partial charge in [0.15, 0.2) is 0 Å². The van der Waals surface area contributed by atoms with Crippen LogP contribution < -0.4 is 10.1 Å². The zero-order valence-corrected chi connectivity index (χ0v) is 19.9. The van der Waals surface area contributed by atoms with Gasteiger partial charge in [-0.25, -0.2) is 0 Å². The van der Waals surface area contributed by atoms with Gasteiger partial charge < -0.3 is 15.2 Å². The van der Waals surface area contributed by atoms with Gasteiger partial charge in [0, 0.05) is 28.6 Å². The van der Waals surface area contributed by atoms with Crippen LogP contribution in [0.3, 0.4) is 0 Å². The fourth-order valence-electron chi connectivity index (χ4n) is 3.95. The summed E-state index contributed by atoms with van der Waals surface area (Å²) < 4.78 is 5.69. The van der Waals surface area contributed by atoms with Crippen LogP contribution in [0.15, 0.2) is 60.8 Å². The fraction of sp³-hybridized carbons (Fsp3) is 0.250. The summed E-state index contributed by atoms with van der Waals surface area (Å²) in [6, 6.07) is 16.9. The van der Waals surface area contributed by atoms with Gasteiger partial charge >= 0.3 is 5.97 Å². The highest BCUT2D eigenvalue weighted by molar-refractivity contribution is 6.06. The number of fused-ring (bicyclic) bond motifs is 1. The van der Waals surface area contributed by atoms with E-state index in [0.29, 0.717) is 24.3 Å². The summed E-state index contributed by atoms with van der Waals surface area (Å²) in [7, 11) is 0. The molecule has 0 atom stereocenters. The summed E-state index contributed by atoms with van der Waals surface area (Å²) in [5.41, 5.74) is 5.70. The molecule has 1 heterocycles. The first-order valence-electron chi connectivity index (χ1n) is 11.8. The van der Waals surface area contributed by atoms with Crippen molar-refractivity contribution in [3.63, 3.8) is 0 Å². The number of carboxylic acid groups (broad SMARTS) is 1. The van der Waals surface area contributed by atoms with E-state index in [1.807, 2.05) is 37.3 Å². The maximum absolute atomic E-state index is 13.1. The third-order valence-corrected chi connectivity index (χ3v) is 5.97. The normalized spacial score (nSPS) is 10.9.